The van der Waals surface area contributed by atoms with Crippen LogP contribution in [0.15, 0.2) is 24.3 Å². The highest BCUT2D eigenvalue weighted by Gasteiger charge is 2.32. The number of ether oxygens (including phenoxy) is 1. The fourth-order valence-corrected chi connectivity index (χ4v) is 2.22. The topological polar surface area (TPSA) is 72.6 Å². The predicted molar refractivity (Wildman–Crippen MR) is 70.8 cm³/mol. The van der Waals surface area contributed by atoms with Crippen LogP contribution in [-0.4, -0.2) is 36.5 Å². The molecule has 6 heteroatoms. The molecule has 1 aromatic carbocycles. The number of carbonyl (C=O) groups excluding carboxylic acids is 2. The van der Waals surface area contributed by atoms with Crippen molar-refractivity contribution >= 4 is 29.3 Å². The van der Waals surface area contributed by atoms with Crippen LogP contribution in [0.3, 0.4) is 0 Å². The fourth-order valence-electron chi connectivity index (χ4n) is 1.82. The summed E-state index contributed by atoms with van der Waals surface area (Å²) < 4.78 is 5.48. The molecule has 0 saturated heterocycles. The zero-order valence-corrected chi connectivity index (χ0v) is 10.8. The van der Waals surface area contributed by atoms with Gasteiger partial charge in [-0.15, -0.1) is 0 Å². The Morgan fingerprint density at radius 1 is 1.50 bits per heavy atom. The first kappa shape index (κ1) is 12.8. The molecule has 1 aliphatic rings. The quantitative estimate of drug-likeness (QED) is 0.871. The van der Waals surface area contributed by atoms with Gasteiger partial charge in [0.25, 0.3) is 5.91 Å². The van der Waals surface area contributed by atoms with Gasteiger partial charge in [-0.1, -0.05) is 12.1 Å². The van der Waals surface area contributed by atoms with Crippen molar-refractivity contribution in [3.8, 4) is 5.75 Å². The molecular weight excluding hydrogens is 252 g/mol. The Labute approximate surface area is 109 Å². The number of fused-ring (bicyclic) bond motifs is 1. The van der Waals surface area contributed by atoms with Crippen molar-refractivity contribution in [2.75, 3.05) is 23.5 Å². The molecule has 5 nitrogen and oxygen atoms in total. The third kappa shape index (κ3) is 2.43. The first-order valence-electron chi connectivity index (χ1n) is 5.47. The molecule has 0 radical (unpaired) electrons. The lowest BCUT2D eigenvalue weighted by Crippen LogP contribution is -2.49. The van der Waals surface area contributed by atoms with Gasteiger partial charge < -0.3 is 15.4 Å². The Hall–Kier alpha value is -1.69. The summed E-state index contributed by atoms with van der Waals surface area (Å²) in [6.45, 7) is 0.172. The molecule has 0 saturated carbocycles. The SMILES string of the molecule is CSCC(=O)N1C[C@H](C(N)=O)Oc2ccccc21. The maximum atomic E-state index is 12.0. The third-order valence-corrected chi connectivity index (χ3v) is 3.20. The normalized spacial score (nSPS) is 17.8. The molecule has 1 aliphatic heterocycles. The molecular formula is C12H14N2O3S. The summed E-state index contributed by atoms with van der Waals surface area (Å²) in [5, 5.41) is 0. The second-order valence-electron chi connectivity index (χ2n) is 3.91. The van der Waals surface area contributed by atoms with Crippen LogP contribution >= 0.6 is 11.8 Å². The Balaban J connectivity index is 2.33. The number of hydrogen-bond acceptors (Lipinski definition) is 4. The monoisotopic (exact) mass is 266 g/mol. The fraction of sp³-hybridized carbons (Fsp3) is 0.333. The number of carbonyl (C=O) groups is 2. The van der Waals surface area contributed by atoms with Gasteiger partial charge in [0.2, 0.25) is 5.91 Å². The molecule has 0 aromatic heterocycles. The number of anilines is 1. The van der Waals surface area contributed by atoms with Crippen LogP contribution in [0.1, 0.15) is 0 Å². The average molecular weight is 266 g/mol. The number of nitrogens with zero attached hydrogens (tertiary/aromatic N) is 1. The Morgan fingerprint density at radius 2 is 2.22 bits per heavy atom. The van der Waals surface area contributed by atoms with E-state index in [-0.39, 0.29) is 12.5 Å². The van der Waals surface area contributed by atoms with Crippen LogP contribution in [0.25, 0.3) is 0 Å². The van der Waals surface area contributed by atoms with Crippen molar-refractivity contribution in [3.63, 3.8) is 0 Å². The van der Waals surface area contributed by atoms with Crippen molar-refractivity contribution in [2.24, 2.45) is 5.73 Å². The van der Waals surface area contributed by atoms with E-state index in [4.69, 9.17) is 10.5 Å². The predicted octanol–water partition coefficient (Wildman–Crippen LogP) is 0.629. The van der Waals surface area contributed by atoms with Gasteiger partial charge in [-0.05, 0) is 18.4 Å². The first-order chi connectivity index (χ1) is 8.63. The van der Waals surface area contributed by atoms with Gasteiger partial charge in [0.15, 0.2) is 6.10 Å². The Bertz CT molecular complexity index is 478. The van der Waals surface area contributed by atoms with E-state index in [1.54, 1.807) is 23.1 Å². The van der Waals surface area contributed by atoms with Crippen LogP contribution in [0.4, 0.5) is 5.69 Å². The summed E-state index contributed by atoms with van der Waals surface area (Å²) in [7, 11) is 0. The Kier molecular flexibility index (Phi) is 3.76. The highest BCUT2D eigenvalue weighted by molar-refractivity contribution is 7.99. The third-order valence-electron chi connectivity index (χ3n) is 2.66. The zero-order chi connectivity index (χ0) is 13.1. The van der Waals surface area contributed by atoms with E-state index in [2.05, 4.69) is 0 Å². The van der Waals surface area contributed by atoms with Crippen molar-refractivity contribution < 1.29 is 14.3 Å². The number of primary amides is 1. The van der Waals surface area contributed by atoms with E-state index in [9.17, 15) is 9.59 Å². The van der Waals surface area contributed by atoms with Gasteiger partial charge in [0, 0.05) is 0 Å². The molecule has 0 fully saturated rings. The summed E-state index contributed by atoms with van der Waals surface area (Å²) in [6, 6.07) is 7.14. The summed E-state index contributed by atoms with van der Waals surface area (Å²) in [5.74, 6) is 0.262. The van der Waals surface area contributed by atoms with E-state index in [1.807, 2.05) is 12.3 Å². The summed E-state index contributed by atoms with van der Waals surface area (Å²) in [5.41, 5.74) is 5.94. The van der Waals surface area contributed by atoms with Crippen molar-refractivity contribution in [3.05, 3.63) is 24.3 Å². The van der Waals surface area contributed by atoms with Gasteiger partial charge in [-0.2, -0.15) is 11.8 Å². The number of hydrogen-bond donors (Lipinski definition) is 1. The van der Waals surface area contributed by atoms with Crippen molar-refractivity contribution in [1.29, 1.82) is 0 Å². The molecule has 0 bridgehead atoms. The molecule has 1 aromatic rings. The van der Waals surface area contributed by atoms with Gasteiger partial charge >= 0.3 is 0 Å². The van der Waals surface area contributed by atoms with Crippen LogP contribution in [0.5, 0.6) is 5.75 Å². The van der Waals surface area contributed by atoms with E-state index in [1.165, 1.54) is 11.8 Å². The lowest BCUT2D eigenvalue weighted by atomic mass is 10.2. The van der Waals surface area contributed by atoms with Gasteiger partial charge in [-0.25, -0.2) is 0 Å². The van der Waals surface area contributed by atoms with E-state index >= 15 is 0 Å². The minimum atomic E-state index is -0.786. The van der Waals surface area contributed by atoms with E-state index in [0.717, 1.165) is 0 Å². The number of nitrogens with two attached hydrogens (primary N) is 1. The minimum Gasteiger partial charge on any atom is -0.477 e. The molecule has 1 heterocycles. The van der Waals surface area contributed by atoms with Crippen LogP contribution in [-0.2, 0) is 9.59 Å². The van der Waals surface area contributed by atoms with Crippen molar-refractivity contribution in [2.45, 2.75) is 6.10 Å². The van der Waals surface area contributed by atoms with Crippen molar-refractivity contribution in [1.82, 2.24) is 0 Å². The second-order valence-corrected chi connectivity index (χ2v) is 4.78. The molecule has 18 heavy (non-hydrogen) atoms. The maximum absolute atomic E-state index is 12.0. The summed E-state index contributed by atoms with van der Waals surface area (Å²) >= 11 is 1.44. The van der Waals surface area contributed by atoms with Gasteiger partial charge in [-0.3, -0.25) is 9.59 Å². The number of rotatable bonds is 3. The minimum absolute atomic E-state index is 0.0514. The summed E-state index contributed by atoms with van der Waals surface area (Å²) in [6.07, 6.45) is 1.07. The van der Waals surface area contributed by atoms with Gasteiger partial charge in [0.05, 0.1) is 18.0 Å². The van der Waals surface area contributed by atoms with Crippen LogP contribution in [0.2, 0.25) is 0 Å². The number of thioether (sulfide) groups is 1. The lowest BCUT2D eigenvalue weighted by molar-refractivity contribution is -0.125. The number of amides is 2. The first-order valence-corrected chi connectivity index (χ1v) is 6.87. The lowest BCUT2D eigenvalue weighted by Gasteiger charge is -2.33. The molecule has 96 valence electrons. The van der Waals surface area contributed by atoms with E-state index in [0.29, 0.717) is 17.2 Å². The van der Waals surface area contributed by atoms with E-state index < -0.39 is 12.0 Å². The second kappa shape index (κ2) is 5.30. The standard InChI is InChI=1S/C12H14N2O3S/c1-18-7-11(15)14-6-10(12(13)16)17-9-5-3-2-4-8(9)14/h2-5,10H,6-7H2,1H3,(H2,13,16)/t10-/m1/s1. The average Bonchev–Trinajstić information content (AvgIpc) is 2.37. The molecule has 0 unspecified atom stereocenters. The largest absolute Gasteiger partial charge is 0.477 e. The molecule has 2 N–H and O–H groups in total. The highest BCUT2D eigenvalue weighted by atomic mass is 32.2. The molecule has 0 aliphatic carbocycles. The highest BCUT2D eigenvalue weighted by Crippen LogP contribution is 2.33. The number of para-hydroxylation sites is 2. The zero-order valence-electron chi connectivity index (χ0n) is 9.96. The number of benzene rings is 1. The molecule has 2 amide bonds. The van der Waals surface area contributed by atoms with Crippen LogP contribution < -0.4 is 15.4 Å². The summed E-state index contributed by atoms with van der Waals surface area (Å²) in [4.78, 5) is 24.8. The van der Waals surface area contributed by atoms with Gasteiger partial charge in [0.1, 0.15) is 5.75 Å². The molecule has 2 rings (SSSR count). The smallest absolute Gasteiger partial charge is 0.260 e. The van der Waals surface area contributed by atoms with Crippen LogP contribution in [0, 0.1) is 0 Å². The molecule has 1 atom stereocenters. The molecule has 0 spiro atoms. The maximum Gasteiger partial charge on any atom is 0.260 e. The Morgan fingerprint density at radius 3 is 2.89 bits per heavy atom.